The molecule has 0 aliphatic carbocycles. The average molecular weight is 496 g/mol. The third-order valence-corrected chi connectivity index (χ3v) is 7.47. The lowest BCUT2D eigenvalue weighted by Crippen LogP contribution is -2.42. The number of likely N-dealkylation sites (tertiary alicyclic amines) is 1. The average Bonchev–Trinajstić information content (AvgIpc) is 3.51. The number of carbonyl (C=O) groups is 1. The highest BCUT2D eigenvalue weighted by molar-refractivity contribution is 7.89. The predicted octanol–water partition coefficient (Wildman–Crippen LogP) is 2.04. The monoisotopic (exact) mass is 495 g/mol. The molecule has 0 bridgehead atoms. The molecule has 4 aromatic rings. The molecule has 10 nitrogen and oxygen atoms in total. The quantitative estimate of drug-likeness (QED) is 0.418. The number of rotatable bonds is 6. The fraction of sp³-hybridized carbons (Fsp3) is 0.217. The molecule has 12 heteroatoms. The van der Waals surface area contributed by atoms with Crippen LogP contribution in [0.25, 0.3) is 11.2 Å². The van der Waals surface area contributed by atoms with E-state index in [1.807, 2.05) is 4.57 Å². The van der Waals surface area contributed by atoms with Gasteiger partial charge in [0.2, 0.25) is 15.9 Å². The Morgan fingerprint density at radius 3 is 2.57 bits per heavy atom. The molecule has 2 atom stereocenters. The number of halogens is 1. The first-order chi connectivity index (χ1) is 16.8. The Morgan fingerprint density at radius 2 is 1.83 bits per heavy atom. The van der Waals surface area contributed by atoms with E-state index >= 15 is 0 Å². The van der Waals surface area contributed by atoms with Crippen LogP contribution >= 0.6 is 0 Å². The molecule has 35 heavy (non-hydrogen) atoms. The predicted molar refractivity (Wildman–Crippen MR) is 126 cm³/mol. The number of nitrogens with two attached hydrogens (primary N) is 1. The summed E-state index contributed by atoms with van der Waals surface area (Å²) in [5.41, 5.74) is 7.46. The maximum atomic E-state index is 13.6. The van der Waals surface area contributed by atoms with Crippen LogP contribution in [0.1, 0.15) is 24.1 Å². The van der Waals surface area contributed by atoms with Crippen LogP contribution in [0.5, 0.6) is 0 Å². The van der Waals surface area contributed by atoms with Gasteiger partial charge in [0.15, 0.2) is 11.5 Å². The van der Waals surface area contributed by atoms with Gasteiger partial charge in [0.1, 0.15) is 23.7 Å². The first kappa shape index (κ1) is 22.9. The molecule has 5 rings (SSSR count). The number of sulfonamides is 1. The lowest BCUT2D eigenvalue weighted by Gasteiger charge is -2.25. The molecule has 1 saturated heterocycles. The molecular weight excluding hydrogens is 473 g/mol. The molecule has 0 radical (unpaired) electrons. The topological polar surface area (TPSA) is 136 Å². The van der Waals surface area contributed by atoms with Crippen molar-refractivity contribution in [1.29, 1.82) is 0 Å². The van der Waals surface area contributed by atoms with E-state index in [0.717, 1.165) is 24.3 Å². The summed E-state index contributed by atoms with van der Waals surface area (Å²) < 4.78 is 43.7. The van der Waals surface area contributed by atoms with E-state index < -0.39 is 21.9 Å². The van der Waals surface area contributed by atoms with Gasteiger partial charge in [-0.15, -0.1) is 0 Å². The first-order valence-electron chi connectivity index (χ1n) is 10.9. The number of anilines is 1. The SMILES string of the molecule is Nc1ncnc2c1ncn2C1CCN(C(=O)C(NS(=O)(=O)c2ccc(F)cc2)c2ccccc2)C1. The molecule has 0 saturated carbocycles. The van der Waals surface area contributed by atoms with Crippen molar-refractivity contribution >= 4 is 32.9 Å². The summed E-state index contributed by atoms with van der Waals surface area (Å²) >= 11 is 0. The molecule has 1 aliphatic heterocycles. The number of imidazole rings is 1. The molecular formula is C23H22FN7O3S. The number of hydrogen-bond acceptors (Lipinski definition) is 7. The van der Waals surface area contributed by atoms with Gasteiger partial charge >= 0.3 is 0 Å². The minimum Gasteiger partial charge on any atom is -0.382 e. The molecule has 2 aromatic heterocycles. The summed E-state index contributed by atoms with van der Waals surface area (Å²) in [4.78, 5) is 27.6. The van der Waals surface area contributed by atoms with Crippen molar-refractivity contribution in [2.45, 2.75) is 23.4 Å². The molecule has 1 amide bonds. The van der Waals surface area contributed by atoms with Crippen LogP contribution in [-0.2, 0) is 14.8 Å². The van der Waals surface area contributed by atoms with Gasteiger partial charge in [0.05, 0.1) is 17.3 Å². The number of hydrogen-bond donors (Lipinski definition) is 2. The number of nitrogens with one attached hydrogen (secondary N) is 1. The Hall–Kier alpha value is -3.90. The Balaban J connectivity index is 1.41. The number of nitrogens with zero attached hydrogens (tertiary/aromatic N) is 5. The third kappa shape index (κ3) is 4.45. The third-order valence-electron chi connectivity index (χ3n) is 6.03. The largest absolute Gasteiger partial charge is 0.382 e. The van der Waals surface area contributed by atoms with Crippen molar-refractivity contribution in [2.24, 2.45) is 0 Å². The van der Waals surface area contributed by atoms with Gasteiger partial charge in [-0.2, -0.15) is 4.72 Å². The van der Waals surface area contributed by atoms with Gasteiger partial charge in [0, 0.05) is 13.1 Å². The highest BCUT2D eigenvalue weighted by Gasteiger charge is 2.35. The van der Waals surface area contributed by atoms with Crippen LogP contribution in [0, 0.1) is 5.82 Å². The maximum Gasteiger partial charge on any atom is 0.245 e. The van der Waals surface area contributed by atoms with E-state index in [2.05, 4.69) is 19.7 Å². The first-order valence-corrected chi connectivity index (χ1v) is 12.4. The zero-order valence-electron chi connectivity index (χ0n) is 18.5. The lowest BCUT2D eigenvalue weighted by molar-refractivity contribution is -0.132. The number of nitrogen functional groups attached to an aromatic ring is 1. The fourth-order valence-corrected chi connectivity index (χ4v) is 5.41. The summed E-state index contributed by atoms with van der Waals surface area (Å²) in [6.45, 7) is 0.765. The highest BCUT2D eigenvalue weighted by atomic mass is 32.2. The second-order valence-corrected chi connectivity index (χ2v) is 9.94. The number of benzene rings is 2. The van der Waals surface area contributed by atoms with E-state index in [1.54, 1.807) is 41.6 Å². The molecule has 1 aliphatic rings. The van der Waals surface area contributed by atoms with Gasteiger partial charge in [-0.25, -0.2) is 27.8 Å². The number of aromatic nitrogens is 4. The van der Waals surface area contributed by atoms with Crippen molar-refractivity contribution in [1.82, 2.24) is 29.1 Å². The Bertz CT molecular complexity index is 1480. The minimum atomic E-state index is -4.10. The number of carbonyl (C=O) groups excluding carboxylic acids is 1. The second-order valence-electron chi connectivity index (χ2n) is 8.23. The molecule has 2 unspecified atom stereocenters. The van der Waals surface area contributed by atoms with Gasteiger partial charge in [-0.3, -0.25) is 4.79 Å². The standard InChI is InChI=1S/C23H22FN7O3S/c24-16-6-8-18(9-7-16)35(33,34)29-19(15-4-2-1-3-5-15)23(32)30-11-10-17(12-30)31-14-28-20-21(25)26-13-27-22(20)31/h1-9,13-14,17,19,29H,10-12H2,(H2,25,26,27). The summed E-state index contributed by atoms with van der Waals surface area (Å²) in [5.74, 6) is -0.663. The van der Waals surface area contributed by atoms with Crippen LogP contribution in [0.4, 0.5) is 10.2 Å². The van der Waals surface area contributed by atoms with Crippen LogP contribution in [-0.4, -0.2) is 51.8 Å². The molecule has 1 fully saturated rings. The minimum absolute atomic E-state index is 0.108. The summed E-state index contributed by atoms with van der Waals surface area (Å²) in [7, 11) is -4.10. The number of fused-ring (bicyclic) bond motifs is 1. The van der Waals surface area contributed by atoms with E-state index in [-0.39, 0.29) is 22.7 Å². The van der Waals surface area contributed by atoms with Crippen LogP contribution in [0.3, 0.4) is 0 Å². The molecule has 3 N–H and O–H groups in total. The van der Waals surface area contributed by atoms with Crippen LogP contribution in [0.15, 0.2) is 72.1 Å². The lowest BCUT2D eigenvalue weighted by atomic mass is 10.1. The van der Waals surface area contributed by atoms with Crippen LogP contribution < -0.4 is 10.5 Å². The van der Waals surface area contributed by atoms with E-state index in [1.165, 1.54) is 6.33 Å². The normalized spacial score (nSPS) is 17.1. The smallest absolute Gasteiger partial charge is 0.245 e. The Morgan fingerprint density at radius 1 is 1.09 bits per heavy atom. The molecule has 3 heterocycles. The van der Waals surface area contributed by atoms with Crippen molar-refractivity contribution in [2.75, 3.05) is 18.8 Å². The van der Waals surface area contributed by atoms with Gasteiger partial charge in [-0.1, -0.05) is 30.3 Å². The van der Waals surface area contributed by atoms with E-state index in [0.29, 0.717) is 36.2 Å². The van der Waals surface area contributed by atoms with Crippen molar-refractivity contribution in [3.63, 3.8) is 0 Å². The van der Waals surface area contributed by atoms with E-state index in [9.17, 15) is 17.6 Å². The highest BCUT2D eigenvalue weighted by Crippen LogP contribution is 2.29. The van der Waals surface area contributed by atoms with E-state index in [4.69, 9.17) is 5.73 Å². The van der Waals surface area contributed by atoms with Gasteiger partial charge in [-0.05, 0) is 36.2 Å². The van der Waals surface area contributed by atoms with Crippen molar-refractivity contribution in [3.05, 3.63) is 78.6 Å². The van der Waals surface area contributed by atoms with Crippen molar-refractivity contribution in [3.8, 4) is 0 Å². The van der Waals surface area contributed by atoms with Gasteiger partial charge in [0.25, 0.3) is 0 Å². The zero-order chi connectivity index (χ0) is 24.6. The fourth-order valence-electron chi connectivity index (χ4n) is 4.23. The summed E-state index contributed by atoms with van der Waals surface area (Å²) in [6.07, 6.45) is 3.62. The molecule has 2 aromatic carbocycles. The Labute approximate surface area is 200 Å². The second kappa shape index (κ2) is 9.04. The van der Waals surface area contributed by atoms with Crippen LogP contribution in [0.2, 0.25) is 0 Å². The maximum absolute atomic E-state index is 13.6. The zero-order valence-corrected chi connectivity index (χ0v) is 19.3. The molecule has 180 valence electrons. The number of amides is 1. The Kier molecular flexibility index (Phi) is 5.91. The summed E-state index contributed by atoms with van der Waals surface area (Å²) in [5, 5.41) is 0. The van der Waals surface area contributed by atoms with Gasteiger partial charge < -0.3 is 15.2 Å². The van der Waals surface area contributed by atoms with Crippen molar-refractivity contribution < 1.29 is 17.6 Å². The summed E-state index contributed by atoms with van der Waals surface area (Å²) in [6, 6.07) is 11.8. The molecule has 0 spiro atoms.